The Kier molecular flexibility index (Phi) is 2.83. The summed E-state index contributed by atoms with van der Waals surface area (Å²) in [5.41, 5.74) is 4.08. The molecule has 1 unspecified atom stereocenters. The molecule has 0 aromatic heterocycles. The van der Waals surface area contributed by atoms with Crippen LogP contribution in [0.25, 0.3) is 0 Å². The van der Waals surface area contributed by atoms with Crippen LogP contribution in [0.3, 0.4) is 0 Å². The van der Waals surface area contributed by atoms with E-state index in [1.54, 1.807) is 0 Å². The molecule has 5 heteroatoms. The fourth-order valence-corrected chi connectivity index (χ4v) is 0.335. The molecule has 0 rings (SSSR count). The molecule has 0 saturated heterocycles. The van der Waals surface area contributed by atoms with Gasteiger partial charge < -0.3 is 5.73 Å². The molecule has 0 fully saturated rings. The van der Waals surface area contributed by atoms with Crippen LogP contribution in [0.4, 0.5) is 17.6 Å². The second-order valence-electron chi connectivity index (χ2n) is 1.77. The maximum absolute atomic E-state index is 12.0. The predicted molar refractivity (Wildman–Crippen MR) is 29.1 cm³/mol. The minimum absolute atomic E-state index is 0.485. The fourth-order valence-electron chi connectivity index (χ4n) is 0.335. The van der Waals surface area contributed by atoms with Gasteiger partial charge >= 0.3 is 6.18 Å². The molecule has 0 heterocycles. The molecular weight excluding hydrogens is 150 g/mol. The van der Waals surface area contributed by atoms with Crippen LogP contribution >= 0.6 is 0 Å². The average molecular weight is 157 g/mol. The summed E-state index contributed by atoms with van der Waals surface area (Å²) >= 11 is 0. The van der Waals surface area contributed by atoms with Gasteiger partial charge in [0.05, 0.1) is 0 Å². The fraction of sp³-hybridized carbons (Fsp3) is 0.600. The average Bonchev–Trinajstić information content (AvgIpc) is 1.83. The van der Waals surface area contributed by atoms with Crippen LogP contribution in [0.5, 0.6) is 0 Å². The number of halogens is 4. The van der Waals surface area contributed by atoms with Gasteiger partial charge in [0.1, 0.15) is 0 Å². The largest absolute Gasteiger partial charge is 0.423 e. The van der Waals surface area contributed by atoms with Crippen LogP contribution < -0.4 is 5.73 Å². The van der Waals surface area contributed by atoms with Crippen molar-refractivity contribution in [1.82, 2.24) is 0 Å². The zero-order valence-corrected chi connectivity index (χ0v) is 5.08. The van der Waals surface area contributed by atoms with Crippen LogP contribution in [0.2, 0.25) is 0 Å². The molecule has 0 spiro atoms. The Hall–Kier alpha value is -0.580. The highest BCUT2D eigenvalue weighted by molar-refractivity contribution is 5.06. The van der Waals surface area contributed by atoms with Crippen molar-refractivity contribution in [3.63, 3.8) is 0 Å². The molecule has 1 atom stereocenters. The van der Waals surface area contributed by atoms with E-state index in [0.717, 1.165) is 0 Å². The summed E-state index contributed by atoms with van der Waals surface area (Å²) in [6, 6.07) is 0. The Morgan fingerprint density at radius 2 is 1.90 bits per heavy atom. The van der Waals surface area contributed by atoms with E-state index in [0.29, 0.717) is 0 Å². The van der Waals surface area contributed by atoms with Crippen molar-refractivity contribution >= 4 is 0 Å². The van der Waals surface area contributed by atoms with E-state index < -0.39 is 24.5 Å². The van der Waals surface area contributed by atoms with Crippen LogP contribution in [0.1, 0.15) is 0 Å². The molecule has 0 aliphatic carbocycles. The van der Waals surface area contributed by atoms with Gasteiger partial charge in [-0.1, -0.05) is 6.58 Å². The third-order valence-corrected chi connectivity index (χ3v) is 0.908. The van der Waals surface area contributed by atoms with Crippen molar-refractivity contribution in [2.24, 2.45) is 5.73 Å². The number of alkyl halides is 4. The zero-order chi connectivity index (χ0) is 8.36. The lowest BCUT2D eigenvalue weighted by atomic mass is 10.2. The summed E-state index contributed by atoms with van der Waals surface area (Å²) < 4.78 is 46.2. The molecule has 0 aromatic rings. The molecule has 0 aliphatic heterocycles. The molecule has 0 aromatic carbocycles. The van der Waals surface area contributed by atoms with Gasteiger partial charge in [-0.25, -0.2) is 4.39 Å². The summed E-state index contributed by atoms with van der Waals surface area (Å²) in [6.07, 6.45) is -7.85. The lowest BCUT2D eigenvalue weighted by molar-refractivity contribution is -0.169. The molecule has 0 saturated carbocycles. The van der Waals surface area contributed by atoms with Crippen molar-refractivity contribution in [3.05, 3.63) is 12.2 Å². The van der Waals surface area contributed by atoms with E-state index in [4.69, 9.17) is 5.73 Å². The summed E-state index contributed by atoms with van der Waals surface area (Å²) in [5, 5.41) is 0. The minimum atomic E-state index is -4.86. The molecule has 0 bridgehead atoms. The number of rotatable bonds is 2. The first-order valence-corrected chi connectivity index (χ1v) is 2.48. The lowest BCUT2D eigenvalue weighted by Crippen LogP contribution is -2.28. The first-order chi connectivity index (χ1) is 4.39. The van der Waals surface area contributed by atoms with Crippen molar-refractivity contribution in [1.29, 1.82) is 0 Å². The van der Waals surface area contributed by atoms with Gasteiger partial charge in [0.25, 0.3) is 0 Å². The normalized spacial score (nSPS) is 14.9. The highest BCUT2D eigenvalue weighted by Gasteiger charge is 2.41. The molecule has 2 N–H and O–H groups in total. The summed E-state index contributed by atoms with van der Waals surface area (Å²) in [7, 11) is 0. The number of hydrogen-bond donors (Lipinski definition) is 1. The Balaban J connectivity index is 4.08. The van der Waals surface area contributed by atoms with E-state index in [-0.39, 0.29) is 0 Å². The van der Waals surface area contributed by atoms with E-state index >= 15 is 0 Å². The van der Waals surface area contributed by atoms with Gasteiger partial charge in [0.15, 0.2) is 0 Å². The van der Waals surface area contributed by atoms with Gasteiger partial charge in [-0.15, -0.1) is 0 Å². The van der Waals surface area contributed by atoms with Gasteiger partial charge in [0.2, 0.25) is 6.17 Å². The highest BCUT2D eigenvalue weighted by atomic mass is 19.4. The van der Waals surface area contributed by atoms with E-state index in [1.165, 1.54) is 0 Å². The summed E-state index contributed by atoms with van der Waals surface area (Å²) in [5.74, 6) is 0. The van der Waals surface area contributed by atoms with Gasteiger partial charge in [0, 0.05) is 6.54 Å². The molecule has 0 aliphatic rings. The van der Waals surface area contributed by atoms with Crippen molar-refractivity contribution in [2.75, 3.05) is 6.54 Å². The van der Waals surface area contributed by atoms with Gasteiger partial charge in [-0.05, 0) is 5.57 Å². The van der Waals surface area contributed by atoms with E-state index in [9.17, 15) is 17.6 Å². The second-order valence-corrected chi connectivity index (χ2v) is 1.77. The SMILES string of the molecule is C=C(CN)C(F)C(F)(F)F. The quantitative estimate of drug-likeness (QED) is 0.476. The molecule has 60 valence electrons. The zero-order valence-electron chi connectivity index (χ0n) is 5.08. The van der Waals surface area contributed by atoms with Crippen LogP contribution in [-0.4, -0.2) is 18.9 Å². The molecular formula is C5H7F4N. The Labute approximate surface area is 55.5 Å². The van der Waals surface area contributed by atoms with Crippen LogP contribution in [0, 0.1) is 0 Å². The van der Waals surface area contributed by atoms with Gasteiger partial charge in [-0.3, -0.25) is 0 Å². The van der Waals surface area contributed by atoms with E-state index in [1.807, 2.05) is 0 Å². The Bertz CT molecular complexity index is 128. The first-order valence-electron chi connectivity index (χ1n) is 2.48. The van der Waals surface area contributed by atoms with Crippen molar-refractivity contribution in [3.8, 4) is 0 Å². The molecule has 0 radical (unpaired) electrons. The molecule has 0 amide bonds. The second kappa shape index (κ2) is 3.01. The minimum Gasteiger partial charge on any atom is -0.327 e. The standard InChI is InChI=1S/C5H7F4N/c1-3(2-10)4(6)5(7,8)9/h4H,1-2,10H2. The Morgan fingerprint density at radius 1 is 1.50 bits per heavy atom. The van der Waals surface area contributed by atoms with Crippen molar-refractivity contribution in [2.45, 2.75) is 12.3 Å². The smallest absolute Gasteiger partial charge is 0.327 e. The number of nitrogens with two attached hydrogens (primary N) is 1. The predicted octanol–water partition coefficient (Wildman–Crippen LogP) is 1.40. The monoisotopic (exact) mass is 157 g/mol. The van der Waals surface area contributed by atoms with E-state index in [2.05, 4.69) is 6.58 Å². The third kappa shape index (κ3) is 2.34. The summed E-state index contributed by atoms with van der Waals surface area (Å²) in [4.78, 5) is 0. The lowest BCUT2D eigenvalue weighted by Gasteiger charge is -2.12. The maximum atomic E-state index is 12.0. The Morgan fingerprint density at radius 3 is 2.00 bits per heavy atom. The molecule has 10 heavy (non-hydrogen) atoms. The van der Waals surface area contributed by atoms with Crippen LogP contribution in [0.15, 0.2) is 12.2 Å². The summed E-state index contributed by atoms with van der Waals surface area (Å²) in [6.45, 7) is 2.33. The number of hydrogen-bond acceptors (Lipinski definition) is 1. The maximum Gasteiger partial charge on any atom is 0.423 e. The van der Waals surface area contributed by atoms with Crippen LogP contribution in [-0.2, 0) is 0 Å². The first kappa shape index (κ1) is 9.42. The van der Waals surface area contributed by atoms with Gasteiger partial charge in [-0.2, -0.15) is 13.2 Å². The highest BCUT2D eigenvalue weighted by Crippen LogP contribution is 2.26. The topological polar surface area (TPSA) is 26.0 Å². The third-order valence-electron chi connectivity index (χ3n) is 0.908. The molecule has 1 nitrogen and oxygen atoms in total. The van der Waals surface area contributed by atoms with Crippen molar-refractivity contribution < 1.29 is 17.6 Å².